The van der Waals surface area contributed by atoms with Gasteiger partial charge < -0.3 is 20.5 Å². The van der Waals surface area contributed by atoms with Gasteiger partial charge in [0.2, 0.25) is 15.9 Å². The average molecular weight is 551 g/mol. The lowest BCUT2D eigenvalue weighted by atomic mass is 10.0. The predicted octanol–water partition coefficient (Wildman–Crippen LogP) is 2.69. The van der Waals surface area contributed by atoms with E-state index in [9.17, 15) is 23.1 Å². The Bertz CT molecular complexity index is 1430. The van der Waals surface area contributed by atoms with E-state index in [0.29, 0.717) is 17.7 Å². The number of amides is 1. The summed E-state index contributed by atoms with van der Waals surface area (Å²) in [4.78, 5) is 25.9. The second-order valence-corrected chi connectivity index (χ2v) is 11.0. The Kier molecular flexibility index (Phi) is 8.62. The Morgan fingerprint density at radius 3 is 2.23 bits per heavy atom. The summed E-state index contributed by atoms with van der Waals surface area (Å²) < 4.78 is 33.5. The number of hydrogen-bond donors (Lipinski definition) is 4. The molecule has 10 nitrogen and oxygen atoms in total. The second-order valence-electron chi connectivity index (χ2n) is 9.25. The molecule has 11 heteroatoms. The van der Waals surface area contributed by atoms with Crippen molar-refractivity contribution < 1.29 is 27.9 Å². The van der Waals surface area contributed by atoms with Gasteiger partial charge in [-0.2, -0.15) is 0 Å². The number of carbonyl (C=O) groups excluding carboxylic acids is 1. The largest absolute Gasteiger partial charge is 0.491 e. The number of sulfonamides is 1. The maximum absolute atomic E-state index is 13.0. The van der Waals surface area contributed by atoms with Crippen LogP contribution in [0.25, 0.3) is 11.1 Å². The zero-order valence-corrected chi connectivity index (χ0v) is 21.9. The fourth-order valence-corrected chi connectivity index (χ4v) is 5.61. The van der Waals surface area contributed by atoms with Crippen LogP contribution < -0.4 is 15.2 Å². The standard InChI is InChI=1S/C28H30N4O6S/c29-27(30)21-8-6-19(7-9-21)20-10-12-24(13-11-20)38-18-23-16-22(17-26(33)34)28(35)32(23)15-14-31-39(36,37)25-4-2-1-3-5-25/h1-13,22-23,31H,14-18H2,(H3,29,30)(H,33,34)/t22-,23-/m0/s1. The number of likely N-dealkylation sites (tertiary alicyclic amines) is 1. The molecule has 0 aliphatic carbocycles. The van der Waals surface area contributed by atoms with Crippen LogP contribution in [0, 0.1) is 11.3 Å². The minimum atomic E-state index is -3.74. The van der Waals surface area contributed by atoms with Crippen molar-refractivity contribution in [3.8, 4) is 16.9 Å². The monoisotopic (exact) mass is 550 g/mol. The summed E-state index contributed by atoms with van der Waals surface area (Å²) in [6.07, 6.45) is 0.00976. The highest BCUT2D eigenvalue weighted by Gasteiger charge is 2.40. The smallest absolute Gasteiger partial charge is 0.304 e. The van der Waals surface area contributed by atoms with E-state index >= 15 is 0 Å². The number of carboxylic acids is 1. The number of ether oxygens (including phenoxy) is 1. The van der Waals surface area contributed by atoms with E-state index in [4.69, 9.17) is 15.9 Å². The molecule has 1 amide bonds. The molecule has 204 valence electrons. The second kappa shape index (κ2) is 12.1. The molecule has 3 aromatic carbocycles. The minimum Gasteiger partial charge on any atom is -0.491 e. The minimum absolute atomic E-state index is 0.00364. The van der Waals surface area contributed by atoms with Crippen LogP contribution in [0.4, 0.5) is 0 Å². The topological polar surface area (TPSA) is 163 Å². The lowest BCUT2D eigenvalue weighted by Crippen LogP contribution is -2.42. The van der Waals surface area contributed by atoms with E-state index < -0.39 is 28.0 Å². The van der Waals surface area contributed by atoms with Gasteiger partial charge in [0, 0.05) is 18.7 Å². The van der Waals surface area contributed by atoms with E-state index in [1.165, 1.54) is 17.0 Å². The molecule has 0 spiro atoms. The summed E-state index contributed by atoms with van der Waals surface area (Å²) in [6, 6.07) is 22.2. The van der Waals surface area contributed by atoms with Crippen LogP contribution >= 0.6 is 0 Å². The molecule has 3 aromatic rings. The van der Waals surface area contributed by atoms with Gasteiger partial charge >= 0.3 is 5.97 Å². The van der Waals surface area contributed by atoms with Crippen LogP contribution in [0.15, 0.2) is 83.8 Å². The first-order valence-electron chi connectivity index (χ1n) is 12.4. The number of nitrogens with one attached hydrogen (secondary N) is 2. The molecular formula is C28H30N4O6S. The number of aliphatic carboxylic acids is 1. The van der Waals surface area contributed by atoms with Crippen LogP contribution in [-0.2, 0) is 19.6 Å². The molecule has 0 saturated carbocycles. The lowest BCUT2D eigenvalue weighted by Gasteiger charge is -2.25. The number of rotatable bonds is 12. The van der Waals surface area contributed by atoms with Gasteiger partial charge in [0.15, 0.2) is 0 Å². The molecule has 0 radical (unpaired) electrons. The zero-order valence-electron chi connectivity index (χ0n) is 21.1. The number of hydrogen-bond acceptors (Lipinski definition) is 6. The van der Waals surface area contributed by atoms with Crippen LogP contribution in [0.1, 0.15) is 18.4 Å². The van der Waals surface area contributed by atoms with Gasteiger partial charge in [0.05, 0.1) is 23.3 Å². The van der Waals surface area contributed by atoms with Gasteiger partial charge in [0.1, 0.15) is 18.2 Å². The van der Waals surface area contributed by atoms with Crippen LogP contribution in [0.3, 0.4) is 0 Å². The van der Waals surface area contributed by atoms with Gasteiger partial charge in [-0.1, -0.05) is 54.6 Å². The van der Waals surface area contributed by atoms with Gasteiger partial charge in [0.25, 0.3) is 0 Å². The van der Waals surface area contributed by atoms with Gasteiger partial charge in [-0.15, -0.1) is 0 Å². The van der Waals surface area contributed by atoms with Crippen molar-refractivity contribution in [3.05, 3.63) is 84.4 Å². The number of carboxylic acid groups (broad SMARTS) is 1. The molecule has 0 aromatic heterocycles. The Hall–Kier alpha value is -4.22. The summed E-state index contributed by atoms with van der Waals surface area (Å²) in [5, 5.41) is 16.7. The van der Waals surface area contributed by atoms with E-state index in [2.05, 4.69) is 4.72 Å². The van der Waals surface area contributed by atoms with Gasteiger partial charge in [-0.25, -0.2) is 13.1 Å². The van der Waals surface area contributed by atoms with E-state index in [0.717, 1.165) is 11.1 Å². The highest BCUT2D eigenvalue weighted by atomic mass is 32.2. The zero-order chi connectivity index (χ0) is 28.0. The SMILES string of the molecule is N=C(N)c1ccc(-c2ccc(OC[C@@H]3C[C@@H](CC(=O)O)C(=O)N3CCNS(=O)(=O)c3ccccc3)cc2)cc1. The number of benzene rings is 3. The Labute approximate surface area is 227 Å². The first kappa shape index (κ1) is 27.8. The van der Waals surface area contributed by atoms with Crippen LogP contribution in [-0.4, -0.2) is 61.9 Å². The van der Waals surface area contributed by atoms with Crippen molar-refractivity contribution in [2.24, 2.45) is 11.7 Å². The number of nitrogens with zero attached hydrogens (tertiary/aromatic N) is 1. The molecule has 2 atom stereocenters. The summed E-state index contributed by atoms with van der Waals surface area (Å²) >= 11 is 0. The number of carbonyl (C=O) groups is 2. The number of nitrogen functional groups attached to an aromatic ring is 1. The molecule has 39 heavy (non-hydrogen) atoms. The van der Waals surface area contributed by atoms with Crippen molar-refractivity contribution in [3.63, 3.8) is 0 Å². The van der Waals surface area contributed by atoms with Crippen LogP contribution in [0.5, 0.6) is 5.75 Å². The highest BCUT2D eigenvalue weighted by molar-refractivity contribution is 7.89. The van der Waals surface area contributed by atoms with E-state index in [1.54, 1.807) is 42.5 Å². The number of nitrogens with two attached hydrogens (primary N) is 1. The van der Waals surface area contributed by atoms with E-state index in [1.807, 2.05) is 24.3 Å². The Morgan fingerprint density at radius 1 is 1.03 bits per heavy atom. The van der Waals surface area contributed by atoms with Crippen molar-refractivity contribution in [1.82, 2.24) is 9.62 Å². The summed E-state index contributed by atoms with van der Waals surface area (Å²) in [6.45, 7) is 0.209. The Morgan fingerprint density at radius 2 is 1.64 bits per heavy atom. The summed E-state index contributed by atoms with van der Waals surface area (Å²) in [7, 11) is -3.74. The molecule has 0 unspecified atom stereocenters. The first-order valence-corrected chi connectivity index (χ1v) is 13.9. The van der Waals surface area contributed by atoms with Crippen molar-refractivity contribution >= 4 is 27.7 Å². The number of amidine groups is 1. The molecule has 0 bridgehead atoms. The average Bonchev–Trinajstić information content (AvgIpc) is 3.21. The molecule has 1 fully saturated rings. The molecule has 5 N–H and O–H groups in total. The van der Waals surface area contributed by atoms with Crippen molar-refractivity contribution in [2.45, 2.75) is 23.8 Å². The van der Waals surface area contributed by atoms with Gasteiger partial charge in [-0.3, -0.25) is 15.0 Å². The van der Waals surface area contributed by atoms with Crippen molar-refractivity contribution in [2.75, 3.05) is 19.7 Å². The quantitative estimate of drug-likeness (QED) is 0.199. The highest BCUT2D eigenvalue weighted by Crippen LogP contribution is 2.29. The lowest BCUT2D eigenvalue weighted by molar-refractivity contribution is -0.142. The fourth-order valence-electron chi connectivity index (χ4n) is 4.56. The van der Waals surface area contributed by atoms with E-state index in [-0.39, 0.29) is 42.8 Å². The molecule has 1 heterocycles. The predicted molar refractivity (Wildman–Crippen MR) is 146 cm³/mol. The third kappa shape index (κ3) is 7.01. The maximum Gasteiger partial charge on any atom is 0.304 e. The fraction of sp³-hybridized carbons (Fsp3) is 0.250. The van der Waals surface area contributed by atoms with Gasteiger partial charge in [-0.05, 0) is 41.8 Å². The third-order valence-corrected chi connectivity index (χ3v) is 8.05. The maximum atomic E-state index is 13.0. The Balaban J connectivity index is 1.39. The molecular weight excluding hydrogens is 520 g/mol. The summed E-state index contributed by atoms with van der Waals surface area (Å²) in [5.41, 5.74) is 8.05. The molecule has 1 aliphatic heterocycles. The summed E-state index contributed by atoms with van der Waals surface area (Å²) in [5.74, 6) is -1.50. The first-order chi connectivity index (χ1) is 18.6. The molecule has 1 saturated heterocycles. The van der Waals surface area contributed by atoms with Crippen LogP contribution in [0.2, 0.25) is 0 Å². The third-order valence-electron chi connectivity index (χ3n) is 6.57. The van der Waals surface area contributed by atoms with Crippen molar-refractivity contribution in [1.29, 1.82) is 5.41 Å². The molecule has 4 rings (SSSR count). The molecule has 1 aliphatic rings. The normalized spacial score (nSPS) is 17.2.